The number of nitrogens with one attached hydrogen (secondary N) is 2. The Morgan fingerprint density at radius 1 is 1.14 bits per heavy atom. The molecule has 1 atom stereocenters. The molecule has 2 N–H and O–H groups in total. The lowest BCUT2D eigenvalue weighted by Gasteiger charge is -2.19. The molecular formula is C22H29N5O2. The Hall–Kier alpha value is -3.22. The van der Waals surface area contributed by atoms with Crippen LogP contribution in [0.5, 0.6) is 11.5 Å². The van der Waals surface area contributed by atoms with Gasteiger partial charge in [0.25, 0.3) is 0 Å². The van der Waals surface area contributed by atoms with E-state index in [0.29, 0.717) is 13.1 Å². The van der Waals surface area contributed by atoms with Crippen LogP contribution < -0.4 is 20.1 Å². The molecule has 7 heteroatoms. The number of hydrogen-bond donors (Lipinski definition) is 2. The second-order valence-corrected chi connectivity index (χ2v) is 6.78. The summed E-state index contributed by atoms with van der Waals surface area (Å²) in [6.45, 7) is 7.99. The van der Waals surface area contributed by atoms with Gasteiger partial charge >= 0.3 is 0 Å². The summed E-state index contributed by atoms with van der Waals surface area (Å²) in [4.78, 5) is 9.30. The predicted molar refractivity (Wildman–Crippen MR) is 116 cm³/mol. The number of rotatable bonds is 8. The molecule has 154 valence electrons. The zero-order valence-corrected chi connectivity index (χ0v) is 17.5. The fourth-order valence-electron chi connectivity index (χ4n) is 2.99. The molecule has 0 saturated carbocycles. The van der Waals surface area contributed by atoms with Gasteiger partial charge in [0.15, 0.2) is 17.5 Å². The molecule has 0 aliphatic heterocycles. The van der Waals surface area contributed by atoms with Crippen LogP contribution in [0, 0.1) is 6.92 Å². The van der Waals surface area contributed by atoms with Crippen molar-refractivity contribution in [2.45, 2.75) is 33.4 Å². The van der Waals surface area contributed by atoms with E-state index in [1.165, 1.54) is 0 Å². The Labute approximate surface area is 171 Å². The van der Waals surface area contributed by atoms with E-state index in [4.69, 9.17) is 9.47 Å². The molecule has 3 aromatic rings. The SMILES string of the molecule is CCNC(=NCc1cn2c(C)cccc2n1)NCC(C)Oc1ccccc1OC. The number of aryl methyl sites for hydroxylation is 1. The first-order valence-corrected chi connectivity index (χ1v) is 9.86. The van der Waals surface area contributed by atoms with Gasteiger partial charge in [-0.3, -0.25) is 0 Å². The summed E-state index contributed by atoms with van der Waals surface area (Å²) in [5.41, 5.74) is 3.01. The van der Waals surface area contributed by atoms with Crippen LogP contribution in [0.3, 0.4) is 0 Å². The fraction of sp³-hybridized carbons (Fsp3) is 0.364. The third kappa shape index (κ3) is 5.40. The highest BCUT2D eigenvalue weighted by Crippen LogP contribution is 2.26. The van der Waals surface area contributed by atoms with Crippen molar-refractivity contribution in [1.82, 2.24) is 20.0 Å². The number of fused-ring (bicyclic) bond motifs is 1. The van der Waals surface area contributed by atoms with Crippen molar-refractivity contribution in [1.29, 1.82) is 0 Å². The highest BCUT2D eigenvalue weighted by molar-refractivity contribution is 5.79. The Kier molecular flexibility index (Phi) is 6.94. The van der Waals surface area contributed by atoms with E-state index in [-0.39, 0.29) is 6.10 Å². The first-order chi connectivity index (χ1) is 14.1. The minimum Gasteiger partial charge on any atom is -0.493 e. The van der Waals surface area contributed by atoms with Gasteiger partial charge in [-0.15, -0.1) is 0 Å². The van der Waals surface area contributed by atoms with E-state index in [1.54, 1.807) is 7.11 Å². The molecule has 0 bridgehead atoms. The van der Waals surface area contributed by atoms with Crippen LogP contribution in [0.15, 0.2) is 53.7 Å². The van der Waals surface area contributed by atoms with Crippen LogP contribution in [-0.2, 0) is 6.54 Å². The van der Waals surface area contributed by atoms with Crippen LogP contribution >= 0.6 is 0 Å². The van der Waals surface area contributed by atoms with E-state index < -0.39 is 0 Å². The van der Waals surface area contributed by atoms with Gasteiger partial charge in [0.1, 0.15) is 11.8 Å². The number of nitrogens with zero attached hydrogens (tertiary/aromatic N) is 3. The molecule has 0 spiro atoms. The molecule has 0 amide bonds. The zero-order valence-electron chi connectivity index (χ0n) is 17.5. The van der Waals surface area contributed by atoms with Gasteiger partial charge in [0.05, 0.1) is 25.9 Å². The van der Waals surface area contributed by atoms with Crippen molar-refractivity contribution in [2.75, 3.05) is 20.2 Å². The van der Waals surface area contributed by atoms with Crippen LogP contribution in [0.4, 0.5) is 0 Å². The summed E-state index contributed by atoms with van der Waals surface area (Å²) in [5, 5.41) is 6.60. The van der Waals surface area contributed by atoms with Crippen LogP contribution in [0.2, 0.25) is 0 Å². The van der Waals surface area contributed by atoms with Gasteiger partial charge in [-0.1, -0.05) is 18.2 Å². The van der Waals surface area contributed by atoms with E-state index in [9.17, 15) is 0 Å². The molecule has 0 aliphatic rings. The van der Waals surface area contributed by atoms with Crippen molar-refractivity contribution >= 4 is 11.6 Å². The minimum absolute atomic E-state index is 0.0620. The molecule has 0 radical (unpaired) electrons. The van der Waals surface area contributed by atoms with Crippen LogP contribution in [-0.4, -0.2) is 41.6 Å². The lowest BCUT2D eigenvalue weighted by Crippen LogP contribution is -2.41. The molecule has 0 saturated heterocycles. The second kappa shape index (κ2) is 9.82. The lowest BCUT2D eigenvalue weighted by atomic mass is 10.3. The maximum Gasteiger partial charge on any atom is 0.191 e. The monoisotopic (exact) mass is 395 g/mol. The number of ether oxygens (including phenoxy) is 2. The lowest BCUT2D eigenvalue weighted by molar-refractivity contribution is 0.213. The maximum absolute atomic E-state index is 5.99. The van der Waals surface area contributed by atoms with E-state index in [2.05, 4.69) is 38.0 Å². The Bertz CT molecular complexity index is 967. The quantitative estimate of drug-likeness (QED) is 0.453. The van der Waals surface area contributed by atoms with Gasteiger partial charge < -0.3 is 24.5 Å². The average Bonchev–Trinajstić information content (AvgIpc) is 3.15. The standard InChI is InChI=1S/C22H29N5O2/c1-5-23-22(24-13-17(3)29-20-11-7-6-10-19(20)28-4)25-14-18-15-27-16(2)9-8-12-21(27)26-18/h6-12,15,17H,5,13-14H2,1-4H3,(H2,23,24,25). The summed E-state index contributed by atoms with van der Waals surface area (Å²) >= 11 is 0. The minimum atomic E-state index is -0.0620. The van der Waals surface area contributed by atoms with Gasteiger partial charge in [-0.2, -0.15) is 0 Å². The summed E-state index contributed by atoms with van der Waals surface area (Å²) < 4.78 is 13.4. The number of methoxy groups -OCH3 is 1. The summed E-state index contributed by atoms with van der Waals surface area (Å²) in [6.07, 6.45) is 1.97. The highest BCUT2D eigenvalue weighted by atomic mass is 16.5. The molecule has 0 fully saturated rings. The molecule has 0 aliphatic carbocycles. The molecule has 29 heavy (non-hydrogen) atoms. The second-order valence-electron chi connectivity index (χ2n) is 6.78. The van der Waals surface area contributed by atoms with Crippen LogP contribution in [0.1, 0.15) is 25.2 Å². The number of pyridine rings is 1. The highest BCUT2D eigenvalue weighted by Gasteiger charge is 2.10. The summed E-state index contributed by atoms with van der Waals surface area (Å²) in [7, 11) is 1.64. The third-order valence-corrected chi connectivity index (χ3v) is 4.44. The number of guanidine groups is 1. The summed E-state index contributed by atoms with van der Waals surface area (Å²) in [6, 6.07) is 13.7. The molecule has 7 nitrogen and oxygen atoms in total. The zero-order chi connectivity index (χ0) is 20.6. The number of aliphatic imine (C=N–C) groups is 1. The number of para-hydroxylation sites is 2. The number of imidazole rings is 1. The Morgan fingerprint density at radius 3 is 2.66 bits per heavy atom. The van der Waals surface area contributed by atoms with Crippen molar-refractivity contribution in [3.63, 3.8) is 0 Å². The molecule has 3 rings (SSSR count). The maximum atomic E-state index is 5.99. The first-order valence-electron chi connectivity index (χ1n) is 9.86. The van der Waals surface area contributed by atoms with Crippen LogP contribution in [0.25, 0.3) is 5.65 Å². The summed E-state index contributed by atoms with van der Waals surface area (Å²) in [5.74, 6) is 2.19. The average molecular weight is 396 g/mol. The Morgan fingerprint density at radius 2 is 1.93 bits per heavy atom. The normalized spacial score (nSPS) is 12.6. The fourth-order valence-corrected chi connectivity index (χ4v) is 2.99. The molecule has 2 aromatic heterocycles. The van der Waals surface area contributed by atoms with Gasteiger partial charge in [0, 0.05) is 18.4 Å². The molecule has 1 aromatic carbocycles. The van der Waals surface area contributed by atoms with E-state index in [1.807, 2.05) is 56.4 Å². The topological polar surface area (TPSA) is 72.2 Å². The third-order valence-electron chi connectivity index (χ3n) is 4.44. The van der Waals surface area contributed by atoms with Crippen molar-refractivity contribution in [3.8, 4) is 11.5 Å². The van der Waals surface area contributed by atoms with Crippen molar-refractivity contribution < 1.29 is 9.47 Å². The number of aromatic nitrogens is 2. The Balaban J connectivity index is 1.60. The van der Waals surface area contributed by atoms with Gasteiger partial charge in [-0.05, 0) is 45.0 Å². The van der Waals surface area contributed by atoms with E-state index >= 15 is 0 Å². The van der Waals surface area contributed by atoms with Crippen molar-refractivity contribution in [3.05, 3.63) is 60.0 Å². The molecule has 2 heterocycles. The largest absolute Gasteiger partial charge is 0.493 e. The van der Waals surface area contributed by atoms with Crippen molar-refractivity contribution in [2.24, 2.45) is 4.99 Å². The first kappa shape index (κ1) is 20.5. The number of benzene rings is 1. The molecular weight excluding hydrogens is 366 g/mol. The molecule has 1 unspecified atom stereocenters. The van der Waals surface area contributed by atoms with E-state index in [0.717, 1.165) is 41.0 Å². The smallest absolute Gasteiger partial charge is 0.191 e. The number of hydrogen-bond acceptors (Lipinski definition) is 4. The predicted octanol–water partition coefficient (Wildman–Crippen LogP) is 3.17. The van der Waals surface area contributed by atoms with Gasteiger partial charge in [-0.25, -0.2) is 9.98 Å². The van der Waals surface area contributed by atoms with Gasteiger partial charge in [0.2, 0.25) is 0 Å².